The molecule has 0 fully saturated rings. The molecule has 0 radical (unpaired) electrons. The Kier molecular flexibility index (Phi) is 4.61. The Hall–Kier alpha value is -1.95. The van der Waals surface area contributed by atoms with Gasteiger partial charge in [-0.15, -0.1) is 0 Å². The summed E-state index contributed by atoms with van der Waals surface area (Å²) >= 11 is 0. The number of hydrogen-bond donors (Lipinski definition) is 1. The van der Waals surface area contributed by atoms with Gasteiger partial charge in [0.2, 0.25) is 5.91 Å². The molecule has 0 aliphatic heterocycles. The monoisotopic (exact) mass is 266 g/mol. The van der Waals surface area contributed by atoms with E-state index in [0.29, 0.717) is 5.56 Å². The fourth-order valence-corrected chi connectivity index (χ4v) is 1.71. The predicted molar refractivity (Wildman–Crippen MR) is 70.7 cm³/mol. The summed E-state index contributed by atoms with van der Waals surface area (Å²) in [6.45, 7) is 3.49. The van der Waals surface area contributed by atoms with Gasteiger partial charge in [-0.2, -0.15) is 0 Å². The summed E-state index contributed by atoms with van der Waals surface area (Å²) in [4.78, 5) is 23.4. The van der Waals surface area contributed by atoms with Crippen molar-refractivity contribution < 1.29 is 14.8 Å². The summed E-state index contributed by atoms with van der Waals surface area (Å²) in [5.74, 6) is -0.143. The lowest BCUT2D eigenvalue weighted by Crippen LogP contribution is -2.40. The smallest absolute Gasteiger partial charge is 0.269 e. The first-order chi connectivity index (χ1) is 8.69. The Bertz CT molecular complexity index is 463. The molecule has 0 atom stereocenters. The first kappa shape index (κ1) is 15.1. The van der Waals surface area contributed by atoms with Crippen molar-refractivity contribution in [3.63, 3.8) is 0 Å². The van der Waals surface area contributed by atoms with Crippen LogP contribution in [0.4, 0.5) is 5.69 Å². The van der Waals surface area contributed by atoms with Gasteiger partial charge in [0.05, 0.1) is 16.9 Å². The molecule has 19 heavy (non-hydrogen) atoms. The van der Waals surface area contributed by atoms with E-state index in [2.05, 4.69) is 0 Å². The highest BCUT2D eigenvalue weighted by atomic mass is 16.6. The molecule has 0 spiro atoms. The van der Waals surface area contributed by atoms with E-state index in [1.807, 2.05) is 0 Å². The van der Waals surface area contributed by atoms with Crippen LogP contribution < -0.4 is 0 Å². The Balaban J connectivity index is 2.64. The molecule has 0 bridgehead atoms. The van der Waals surface area contributed by atoms with E-state index in [0.717, 1.165) is 0 Å². The van der Waals surface area contributed by atoms with Crippen LogP contribution in [0, 0.1) is 10.1 Å². The third kappa shape index (κ3) is 5.05. The van der Waals surface area contributed by atoms with Crippen molar-refractivity contribution in [3.8, 4) is 0 Å². The number of aliphatic hydroxyl groups is 1. The molecule has 0 aliphatic carbocycles. The van der Waals surface area contributed by atoms with Crippen molar-refractivity contribution in [2.75, 3.05) is 13.6 Å². The van der Waals surface area contributed by atoms with Gasteiger partial charge in [0.15, 0.2) is 0 Å². The molecule has 0 saturated heterocycles. The molecular formula is C13H18N2O4. The summed E-state index contributed by atoms with van der Waals surface area (Å²) in [6, 6.07) is 5.87. The molecule has 1 N–H and O–H groups in total. The van der Waals surface area contributed by atoms with Gasteiger partial charge in [-0.3, -0.25) is 14.9 Å². The molecule has 6 heteroatoms. The van der Waals surface area contributed by atoms with Gasteiger partial charge >= 0.3 is 0 Å². The van der Waals surface area contributed by atoms with Gasteiger partial charge in [0.1, 0.15) is 0 Å². The lowest BCUT2D eigenvalue weighted by Gasteiger charge is -2.25. The molecule has 0 heterocycles. The van der Waals surface area contributed by atoms with Gasteiger partial charge in [0, 0.05) is 25.7 Å². The van der Waals surface area contributed by atoms with Crippen LogP contribution in [-0.2, 0) is 11.2 Å². The number of nitrogens with zero attached hydrogens (tertiary/aromatic N) is 2. The molecular weight excluding hydrogens is 248 g/mol. The van der Waals surface area contributed by atoms with Crippen LogP contribution in [0.1, 0.15) is 19.4 Å². The van der Waals surface area contributed by atoms with Crippen molar-refractivity contribution >= 4 is 11.6 Å². The summed E-state index contributed by atoms with van der Waals surface area (Å²) < 4.78 is 0. The van der Waals surface area contributed by atoms with E-state index in [9.17, 15) is 20.0 Å². The summed E-state index contributed by atoms with van der Waals surface area (Å²) in [5, 5.41) is 20.1. The standard InChI is InChI=1S/C13H18N2O4/c1-13(2,17)9-14(3)12(16)8-10-4-6-11(7-5-10)15(18)19/h4-7,17H,8-9H2,1-3H3. The Morgan fingerprint density at radius 2 is 1.89 bits per heavy atom. The topological polar surface area (TPSA) is 83.7 Å². The van der Waals surface area contributed by atoms with Crippen LogP contribution in [0.3, 0.4) is 0 Å². The lowest BCUT2D eigenvalue weighted by atomic mass is 10.1. The van der Waals surface area contributed by atoms with Gasteiger partial charge < -0.3 is 10.0 Å². The number of nitro groups is 1. The van der Waals surface area contributed by atoms with E-state index < -0.39 is 10.5 Å². The number of rotatable bonds is 5. The molecule has 104 valence electrons. The largest absolute Gasteiger partial charge is 0.389 e. The summed E-state index contributed by atoms with van der Waals surface area (Å²) in [6.07, 6.45) is 0.157. The first-order valence-corrected chi connectivity index (χ1v) is 5.89. The molecule has 1 rings (SSSR count). The molecule has 0 saturated carbocycles. The lowest BCUT2D eigenvalue weighted by molar-refractivity contribution is -0.384. The summed E-state index contributed by atoms with van der Waals surface area (Å²) in [5.41, 5.74) is -0.237. The average molecular weight is 266 g/mol. The number of hydrogen-bond acceptors (Lipinski definition) is 4. The van der Waals surface area contributed by atoms with E-state index >= 15 is 0 Å². The maximum atomic E-state index is 11.9. The minimum absolute atomic E-state index is 0.000968. The van der Waals surface area contributed by atoms with Crippen molar-refractivity contribution in [1.82, 2.24) is 4.90 Å². The van der Waals surface area contributed by atoms with E-state index in [1.54, 1.807) is 33.0 Å². The van der Waals surface area contributed by atoms with Crippen LogP contribution in [0.25, 0.3) is 0 Å². The van der Waals surface area contributed by atoms with E-state index in [1.165, 1.54) is 17.0 Å². The van der Waals surface area contributed by atoms with E-state index in [-0.39, 0.29) is 24.6 Å². The molecule has 0 aliphatic rings. The molecule has 1 amide bonds. The minimum Gasteiger partial charge on any atom is -0.389 e. The number of non-ortho nitro benzene ring substituents is 1. The fourth-order valence-electron chi connectivity index (χ4n) is 1.71. The SMILES string of the molecule is CN(CC(C)(C)O)C(=O)Cc1ccc([N+](=O)[O-])cc1. The van der Waals surface area contributed by atoms with Crippen molar-refractivity contribution in [3.05, 3.63) is 39.9 Å². The second kappa shape index (κ2) is 5.79. The zero-order valence-corrected chi connectivity index (χ0v) is 11.3. The number of nitro benzene ring substituents is 1. The Morgan fingerprint density at radius 1 is 1.37 bits per heavy atom. The molecule has 6 nitrogen and oxygen atoms in total. The highest BCUT2D eigenvalue weighted by Gasteiger charge is 2.19. The third-order valence-corrected chi connectivity index (χ3v) is 2.55. The maximum absolute atomic E-state index is 11.9. The first-order valence-electron chi connectivity index (χ1n) is 5.89. The normalized spacial score (nSPS) is 11.2. The average Bonchev–Trinajstić information content (AvgIpc) is 2.27. The summed E-state index contributed by atoms with van der Waals surface area (Å²) in [7, 11) is 1.62. The highest BCUT2D eigenvalue weighted by Crippen LogP contribution is 2.13. The van der Waals surface area contributed by atoms with Crippen LogP contribution in [0.2, 0.25) is 0 Å². The second-order valence-electron chi connectivity index (χ2n) is 5.16. The van der Waals surface area contributed by atoms with Crippen molar-refractivity contribution in [2.24, 2.45) is 0 Å². The number of carbonyl (C=O) groups excluding carboxylic acids is 1. The van der Waals surface area contributed by atoms with Gasteiger partial charge in [-0.25, -0.2) is 0 Å². The van der Waals surface area contributed by atoms with E-state index in [4.69, 9.17) is 0 Å². The number of amides is 1. The fraction of sp³-hybridized carbons (Fsp3) is 0.462. The second-order valence-corrected chi connectivity index (χ2v) is 5.16. The molecule has 1 aromatic rings. The van der Waals surface area contributed by atoms with Crippen molar-refractivity contribution in [1.29, 1.82) is 0 Å². The molecule has 1 aromatic carbocycles. The maximum Gasteiger partial charge on any atom is 0.269 e. The quantitative estimate of drug-likeness (QED) is 0.644. The number of benzene rings is 1. The van der Waals surface area contributed by atoms with Crippen LogP contribution in [-0.4, -0.2) is 40.0 Å². The van der Waals surface area contributed by atoms with Gasteiger partial charge in [0.25, 0.3) is 5.69 Å². The Morgan fingerprint density at radius 3 is 2.32 bits per heavy atom. The number of carbonyl (C=O) groups is 1. The minimum atomic E-state index is -0.945. The zero-order chi connectivity index (χ0) is 14.6. The van der Waals surface area contributed by atoms with Crippen LogP contribution >= 0.6 is 0 Å². The molecule has 0 aromatic heterocycles. The third-order valence-electron chi connectivity index (χ3n) is 2.55. The Labute approximate surface area is 111 Å². The zero-order valence-electron chi connectivity index (χ0n) is 11.3. The number of likely N-dealkylation sites (N-methyl/N-ethyl adjacent to an activating group) is 1. The van der Waals surface area contributed by atoms with Crippen LogP contribution in [0.5, 0.6) is 0 Å². The van der Waals surface area contributed by atoms with Crippen LogP contribution in [0.15, 0.2) is 24.3 Å². The predicted octanol–water partition coefficient (Wildman–Crippen LogP) is 1.37. The highest BCUT2D eigenvalue weighted by molar-refractivity contribution is 5.78. The molecule has 0 unspecified atom stereocenters. The van der Waals surface area contributed by atoms with Gasteiger partial charge in [-0.1, -0.05) is 12.1 Å². The van der Waals surface area contributed by atoms with Gasteiger partial charge in [-0.05, 0) is 19.4 Å². The van der Waals surface area contributed by atoms with Crippen molar-refractivity contribution in [2.45, 2.75) is 25.9 Å².